The van der Waals surface area contributed by atoms with Crippen molar-refractivity contribution in [2.24, 2.45) is 5.92 Å². The van der Waals surface area contributed by atoms with Crippen LogP contribution in [-0.4, -0.2) is 42.9 Å². The quantitative estimate of drug-likeness (QED) is 0.789. The van der Waals surface area contributed by atoms with E-state index in [0.29, 0.717) is 31.5 Å². The summed E-state index contributed by atoms with van der Waals surface area (Å²) in [5.41, 5.74) is 2.03. The van der Waals surface area contributed by atoms with E-state index in [1.54, 1.807) is 17.0 Å². The molecule has 0 bridgehead atoms. The Morgan fingerprint density at radius 2 is 1.88 bits per heavy atom. The second-order valence-electron chi connectivity index (χ2n) is 6.03. The predicted molar refractivity (Wildman–Crippen MR) is 87.3 cm³/mol. The summed E-state index contributed by atoms with van der Waals surface area (Å²) in [6.45, 7) is 4.66. The van der Waals surface area contributed by atoms with E-state index in [-0.39, 0.29) is 24.4 Å². The van der Waals surface area contributed by atoms with Crippen LogP contribution in [0.3, 0.4) is 0 Å². The van der Waals surface area contributed by atoms with Gasteiger partial charge >= 0.3 is 11.9 Å². The van der Waals surface area contributed by atoms with Gasteiger partial charge in [-0.05, 0) is 37.0 Å². The van der Waals surface area contributed by atoms with Crippen molar-refractivity contribution in [2.45, 2.75) is 33.3 Å². The topological polar surface area (TPSA) is 72.9 Å². The van der Waals surface area contributed by atoms with Gasteiger partial charge in [-0.3, -0.25) is 9.59 Å². The molecule has 0 aromatic heterocycles. The van der Waals surface area contributed by atoms with Crippen molar-refractivity contribution < 1.29 is 23.9 Å². The minimum Gasteiger partial charge on any atom is -0.465 e. The van der Waals surface area contributed by atoms with Gasteiger partial charge in [-0.15, -0.1) is 0 Å². The molecule has 2 rings (SSSR count). The fourth-order valence-corrected chi connectivity index (χ4v) is 2.79. The minimum atomic E-state index is -0.405. The van der Waals surface area contributed by atoms with Crippen molar-refractivity contribution >= 4 is 17.8 Å². The largest absolute Gasteiger partial charge is 0.465 e. The molecule has 1 aromatic rings. The molecule has 6 nitrogen and oxygen atoms in total. The number of nitrogens with zero attached hydrogens (tertiary/aromatic N) is 1. The van der Waals surface area contributed by atoms with Crippen LogP contribution in [0.1, 0.15) is 41.3 Å². The van der Waals surface area contributed by atoms with E-state index in [2.05, 4.69) is 0 Å². The van der Waals surface area contributed by atoms with Crippen molar-refractivity contribution in [2.75, 3.05) is 20.2 Å². The number of likely N-dealkylation sites (tertiary alicyclic amines) is 1. The Balaban J connectivity index is 1.90. The normalized spacial score (nSPS) is 15.0. The van der Waals surface area contributed by atoms with Crippen LogP contribution in [0.15, 0.2) is 18.2 Å². The molecule has 1 heterocycles. The first-order valence-corrected chi connectivity index (χ1v) is 8.02. The number of benzene rings is 1. The average Bonchev–Trinajstić information content (AvgIpc) is 2.60. The number of hydrogen-bond donors (Lipinski definition) is 0. The highest BCUT2D eigenvalue weighted by molar-refractivity contribution is 5.91. The fourth-order valence-electron chi connectivity index (χ4n) is 2.79. The second kappa shape index (κ2) is 7.95. The number of ether oxygens (including phenoxy) is 2. The number of hydrogen-bond acceptors (Lipinski definition) is 5. The molecule has 1 amide bonds. The third-order valence-corrected chi connectivity index (χ3v) is 4.36. The van der Waals surface area contributed by atoms with Gasteiger partial charge in [0, 0.05) is 20.0 Å². The van der Waals surface area contributed by atoms with Crippen LogP contribution in [0.4, 0.5) is 0 Å². The summed E-state index contributed by atoms with van der Waals surface area (Å²) in [6, 6.07) is 5.32. The Hall–Kier alpha value is -2.37. The molecule has 130 valence electrons. The number of esters is 2. The number of carbonyl (C=O) groups is 3. The fraction of sp³-hybridized carbons (Fsp3) is 0.500. The van der Waals surface area contributed by atoms with Crippen LogP contribution in [0.2, 0.25) is 0 Å². The highest BCUT2D eigenvalue weighted by Crippen LogP contribution is 2.20. The van der Waals surface area contributed by atoms with Crippen molar-refractivity contribution in [3.63, 3.8) is 0 Å². The number of rotatable bonds is 4. The van der Waals surface area contributed by atoms with Crippen molar-refractivity contribution in [1.29, 1.82) is 0 Å². The molecule has 0 spiro atoms. The van der Waals surface area contributed by atoms with Crippen molar-refractivity contribution in [3.8, 4) is 0 Å². The van der Waals surface area contributed by atoms with Crippen LogP contribution >= 0.6 is 0 Å². The maximum atomic E-state index is 12.2. The molecule has 0 N–H and O–H groups in total. The first-order valence-electron chi connectivity index (χ1n) is 8.02. The maximum Gasteiger partial charge on any atom is 0.338 e. The zero-order chi connectivity index (χ0) is 17.7. The molecular weight excluding hydrogens is 310 g/mol. The van der Waals surface area contributed by atoms with Gasteiger partial charge in [-0.1, -0.05) is 12.1 Å². The zero-order valence-corrected chi connectivity index (χ0v) is 14.3. The third-order valence-electron chi connectivity index (χ3n) is 4.36. The SMILES string of the molecule is COC(=O)c1cc(COC(=O)C2CCN(C(C)=O)CC2)ccc1C. The molecule has 1 aromatic carbocycles. The summed E-state index contributed by atoms with van der Waals surface area (Å²) in [5, 5.41) is 0. The Labute approximate surface area is 141 Å². The number of methoxy groups -OCH3 is 1. The van der Waals surface area contributed by atoms with E-state index in [4.69, 9.17) is 9.47 Å². The average molecular weight is 333 g/mol. The first kappa shape index (κ1) is 18.0. The first-order chi connectivity index (χ1) is 11.4. The lowest BCUT2D eigenvalue weighted by Crippen LogP contribution is -2.39. The number of aryl methyl sites for hydroxylation is 1. The number of piperidine rings is 1. The molecular formula is C18H23NO5. The van der Waals surface area contributed by atoms with Crippen LogP contribution in [0.5, 0.6) is 0 Å². The molecule has 24 heavy (non-hydrogen) atoms. The van der Waals surface area contributed by atoms with Gasteiger partial charge in [0.15, 0.2) is 0 Å². The lowest BCUT2D eigenvalue weighted by molar-refractivity contribution is -0.152. The monoisotopic (exact) mass is 333 g/mol. The van der Waals surface area contributed by atoms with E-state index in [1.165, 1.54) is 14.0 Å². The summed E-state index contributed by atoms with van der Waals surface area (Å²) in [4.78, 5) is 36.9. The highest BCUT2D eigenvalue weighted by Gasteiger charge is 2.27. The summed E-state index contributed by atoms with van der Waals surface area (Å²) >= 11 is 0. The molecule has 1 saturated heterocycles. The Morgan fingerprint density at radius 1 is 1.21 bits per heavy atom. The van der Waals surface area contributed by atoms with Gasteiger partial charge in [0.2, 0.25) is 5.91 Å². The molecule has 1 aliphatic rings. The molecule has 0 radical (unpaired) electrons. The van der Waals surface area contributed by atoms with Crippen LogP contribution < -0.4 is 0 Å². The number of carbonyl (C=O) groups excluding carboxylic acids is 3. The molecule has 0 aliphatic carbocycles. The van der Waals surface area contributed by atoms with Gasteiger partial charge in [0.05, 0.1) is 18.6 Å². The van der Waals surface area contributed by atoms with Crippen molar-refractivity contribution in [1.82, 2.24) is 4.90 Å². The summed E-state index contributed by atoms with van der Waals surface area (Å²) in [5.74, 6) is -0.793. The van der Waals surface area contributed by atoms with E-state index in [9.17, 15) is 14.4 Å². The Morgan fingerprint density at radius 3 is 2.46 bits per heavy atom. The van der Waals surface area contributed by atoms with Gasteiger partial charge in [0.25, 0.3) is 0 Å². The minimum absolute atomic E-state index is 0.0387. The van der Waals surface area contributed by atoms with E-state index >= 15 is 0 Å². The zero-order valence-electron chi connectivity index (χ0n) is 14.3. The van der Waals surface area contributed by atoms with Crippen LogP contribution in [0.25, 0.3) is 0 Å². The standard InChI is InChI=1S/C18H23NO5/c1-12-4-5-14(10-16(12)18(22)23-3)11-24-17(21)15-6-8-19(9-7-15)13(2)20/h4-5,10,15H,6-9,11H2,1-3H3. The van der Waals surface area contributed by atoms with Gasteiger partial charge in [-0.25, -0.2) is 4.79 Å². The molecule has 6 heteroatoms. The Bertz CT molecular complexity index is 632. The van der Waals surface area contributed by atoms with E-state index in [0.717, 1.165) is 11.1 Å². The van der Waals surface area contributed by atoms with E-state index < -0.39 is 5.97 Å². The highest BCUT2D eigenvalue weighted by atomic mass is 16.5. The smallest absolute Gasteiger partial charge is 0.338 e. The lowest BCUT2D eigenvalue weighted by Gasteiger charge is -2.30. The maximum absolute atomic E-state index is 12.2. The summed E-state index contributed by atoms with van der Waals surface area (Å²) in [6.07, 6.45) is 1.25. The summed E-state index contributed by atoms with van der Waals surface area (Å²) in [7, 11) is 1.34. The molecule has 1 aliphatic heterocycles. The third kappa shape index (κ3) is 4.34. The van der Waals surface area contributed by atoms with Crippen LogP contribution in [0, 0.1) is 12.8 Å². The van der Waals surface area contributed by atoms with Gasteiger partial charge in [-0.2, -0.15) is 0 Å². The molecule has 0 atom stereocenters. The van der Waals surface area contributed by atoms with Gasteiger partial charge < -0.3 is 14.4 Å². The lowest BCUT2D eigenvalue weighted by atomic mass is 9.97. The summed E-state index contributed by atoms with van der Waals surface area (Å²) < 4.78 is 10.1. The molecule has 0 unspecified atom stereocenters. The molecule has 1 fully saturated rings. The van der Waals surface area contributed by atoms with E-state index in [1.807, 2.05) is 13.0 Å². The second-order valence-corrected chi connectivity index (χ2v) is 6.03. The molecule has 0 saturated carbocycles. The predicted octanol–water partition coefficient (Wildman–Crippen LogP) is 2.08. The number of amides is 1. The van der Waals surface area contributed by atoms with Gasteiger partial charge in [0.1, 0.15) is 6.61 Å². The van der Waals surface area contributed by atoms with Crippen LogP contribution in [-0.2, 0) is 25.7 Å². The van der Waals surface area contributed by atoms with Crippen molar-refractivity contribution in [3.05, 3.63) is 34.9 Å². The Kier molecular flexibility index (Phi) is 5.95.